The quantitative estimate of drug-likeness (QED) is 0.574. The largest absolute Gasteiger partial charge is 0.481 e. The van der Waals surface area contributed by atoms with Crippen LogP contribution in [0.5, 0.6) is 0 Å². The van der Waals surface area contributed by atoms with Gasteiger partial charge in [0.2, 0.25) is 5.78 Å². The summed E-state index contributed by atoms with van der Waals surface area (Å²) in [7, 11) is 0. The summed E-state index contributed by atoms with van der Waals surface area (Å²) in [6.07, 6.45) is 2.61. The Bertz CT molecular complexity index is 726. The van der Waals surface area contributed by atoms with Crippen LogP contribution in [0.15, 0.2) is 47.7 Å². The summed E-state index contributed by atoms with van der Waals surface area (Å²) in [5.74, 6) is -2.19. The van der Waals surface area contributed by atoms with Crippen LogP contribution in [0, 0.1) is 0 Å². The second-order valence-corrected chi connectivity index (χ2v) is 5.56. The van der Waals surface area contributed by atoms with Gasteiger partial charge in [-0.15, -0.1) is 0 Å². The van der Waals surface area contributed by atoms with Crippen molar-refractivity contribution in [2.75, 3.05) is 5.32 Å². The molecule has 1 atom stereocenters. The maximum absolute atomic E-state index is 12.2. The van der Waals surface area contributed by atoms with Gasteiger partial charge in [0.15, 0.2) is 11.4 Å². The number of nitrogens with one attached hydrogen (secondary N) is 1. The summed E-state index contributed by atoms with van der Waals surface area (Å²) in [6, 6.07) is 6.70. The zero-order valence-corrected chi connectivity index (χ0v) is 12.8. The summed E-state index contributed by atoms with van der Waals surface area (Å²) in [5.41, 5.74) is -0.0261. The number of anilines is 1. The Kier molecular flexibility index (Phi) is 4.47. The molecule has 2 rings (SSSR count). The average molecular weight is 315 g/mol. The van der Waals surface area contributed by atoms with Crippen molar-refractivity contribution < 1.29 is 24.6 Å². The number of aliphatic carboxylic acids is 1. The molecular formula is C17H17NO5. The number of benzene rings is 1. The Balaban J connectivity index is 2.19. The first-order chi connectivity index (χ1) is 10.7. The first kappa shape index (κ1) is 16.6. The highest BCUT2D eigenvalue weighted by molar-refractivity contribution is 6.25. The van der Waals surface area contributed by atoms with E-state index in [2.05, 4.69) is 5.32 Å². The normalized spacial score (nSPS) is 22.9. The van der Waals surface area contributed by atoms with Crippen molar-refractivity contribution in [2.24, 2.45) is 0 Å². The molecule has 6 nitrogen and oxygen atoms in total. The second kappa shape index (κ2) is 6.18. The van der Waals surface area contributed by atoms with E-state index in [0.717, 1.165) is 0 Å². The summed E-state index contributed by atoms with van der Waals surface area (Å²) >= 11 is 0. The number of Topliss-reactive ketones (excluding diaryl/α,β-unsaturated/α-hetero) is 1. The van der Waals surface area contributed by atoms with Crippen LogP contribution in [0.4, 0.5) is 5.69 Å². The molecule has 0 aromatic heterocycles. The van der Waals surface area contributed by atoms with Gasteiger partial charge in [-0.25, -0.2) is 0 Å². The van der Waals surface area contributed by atoms with Gasteiger partial charge in [-0.3, -0.25) is 14.4 Å². The number of allylic oxidation sites excluding steroid dienone is 1. The van der Waals surface area contributed by atoms with E-state index in [1.807, 2.05) is 0 Å². The fourth-order valence-electron chi connectivity index (χ4n) is 2.20. The standard InChI is InChI=1S/C17H17NO5/c1-10-7-14(19)17(2,23)16(22)13(10)9-18-12-5-3-11(4-6-12)8-15(20)21/h3-7,9,18,23H,8H2,1-2H3,(H,20,21)/b13-9-/t17-/m1/s1. The molecule has 0 spiro atoms. The zero-order valence-electron chi connectivity index (χ0n) is 12.8. The van der Waals surface area contributed by atoms with Gasteiger partial charge in [0.05, 0.1) is 6.42 Å². The van der Waals surface area contributed by atoms with Gasteiger partial charge in [-0.2, -0.15) is 0 Å². The smallest absolute Gasteiger partial charge is 0.307 e. The molecule has 0 aliphatic heterocycles. The van der Waals surface area contributed by atoms with E-state index in [0.29, 0.717) is 16.8 Å². The van der Waals surface area contributed by atoms with Crippen LogP contribution in [-0.4, -0.2) is 33.3 Å². The van der Waals surface area contributed by atoms with E-state index in [4.69, 9.17) is 5.11 Å². The lowest BCUT2D eigenvalue weighted by Gasteiger charge is -2.25. The number of ketones is 2. The van der Waals surface area contributed by atoms with E-state index in [1.54, 1.807) is 31.2 Å². The lowest BCUT2D eigenvalue weighted by Crippen LogP contribution is -2.46. The number of carboxylic acids is 1. The maximum atomic E-state index is 12.2. The minimum atomic E-state index is -2.04. The lowest BCUT2D eigenvalue weighted by atomic mass is 9.82. The Labute approximate surface area is 133 Å². The molecule has 120 valence electrons. The summed E-state index contributed by atoms with van der Waals surface area (Å²) in [6.45, 7) is 2.80. The third-order valence-electron chi connectivity index (χ3n) is 3.63. The van der Waals surface area contributed by atoms with Crippen LogP contribution >= 0.6 is 0 Å². The molecule has 0 heterocycles. The second-order valence-electron chi connectivity index (χ2n) is 5.56. The van der Waals surface area contributed by atoms with E-state index >= 15 is 0 Å². The molecule has 0 bridgehead atoms. The minimum absolute atomic E-state index is 0.0628. The number of aliphatic hydroxyl groups is 1. The molecule has 1 aliphatic carbocycles. The molecule has 0 fully saturated rings. The predicted molar refractivity (Wildman–Crippen MR) is 83.9 cm³/mol. The summed E-state index contributed by atoms with van der Waals surface area (Å²) < 4.78 is 0. The Morgan fingerprint density at radius 3 is 2.43 bits per heavy atom. The van der Waals surface area contributed by atoms with Crippen molar-refractivity contribution in [1.29, 1.82) is 0 Å². The van der Waals surface area contributed by atoms with Gasteiger partial charge in [0.1, 0.15) is 0 Å². The van der Waals surface area contributed by atoms with Gasteiger partial charge in [0, 0.05) is 17.5 Å². The molecule has 1 aromatic rings. The van der Waals surface area contributed by atoms with Gasteiger partial charge < -0.3 is 15.5 Å². The fourth-order valence-corrected chi connectivity index (χ4v) is 2.20. The van der Waals surface area contributed by atoms with Crippen molar-refractivity contribution in [2.45, 2.75) is 25.9 Å². The molecule has 0 saturated heterocycles. The van der Waals surface area contributed by atoms with Gasteiger partial charge in [0.25, 0.3) is 0 Å². The fraction of sp³-hybridized carbons (Fsp3) is 0.235. The molecule has 0 amide bonds. The number of carbonyl (C=O) groups excluding carboxylic acids is 2. The number of rotatable bonds is 4. The summed E-state index contributed by atoms with van der Waals surface area (Å²) in [4.78, 5) is 34.4. The van der Waals surface area contributed by atoms with Crippen molar-refractivity contribution in [3.8, 4) is 0 Å². The van der Waals surface area contributed by atoms with E-state index < -0.39 is 23.1 Å². The minimum Gasteiger partial charge on any atom is -0.481 e. The number of hydrogen-bond acceptors (Lipinski definition) is 5. The topological polar surface area (TPSA) is 104 Å². The van der Waals surface area contributed by atoms with Crippen molar-refractivity contribution >= 4 is 23.2 Å². The molecule has 6 heteroatoms. The van der Waals surface area contributed by atoms with Crippen LogP contribution in [-0.2, 0) is 20.8 Å². The summed E-state index contributed by atoms with van der Waals surface area (Å²) in [5, 5.41) is 21.6. The SMILES string of the molecule is CC1=CC(=O)[C@@](C)(O)C(=O)/C1=C\Nc1ccc(CC(=O)O)cc1. The highest BCUT2D eigenvalue weighted by Crippen LogP contribution is 2.26. The molecule has 0 radical (unpaired) electrons. The molecular weight excluding hydrogens is 298 g/mol. The van der Waals surface area contributed by atoms with E-state index in [-0.39, 0.29) is 12.0 Å². The van der Waals surface area contributed by atoms with Gasteiger partial charge in [-0.05, 0) is 43.2 Å². The van der Waals surface area contributed by atoms with Crippen molar-refractivity contribution in [1.82, 2.24) is 0 Å². The van der Waals surface area contributed by atoms with Crippen LogP contribution in [0.25, 0.3) is 0 Å². The first-order valence-electron chi connectivity index (χ1n) is 6.99. The molecule has 3 N–H and O–H groups in total. The highest BCUT2D eigenvalue weighted by atomic mass is 16.4. The molecule has 0 saturated carbocycles. The molecule has 23 heavy (non-hydrogen) atoms. The number of hydrogen-bond donors (Lipinski definition) is 3. The van der Waals surface area contributed by atoms with Crippen molar-refractivity contribution in [3.05, 3.63) is 53.3 Å². The highest BCUT2D eigenvalue weighted by Gasteiger charge is 2.42. The molecule has 1 aromatic carbocycles. The Hall–Kier alpha value is -2.73. The van der Waals surface area contributed by atoms with Crippen LogP contribution < -0.4 is 5.32 Å². The van der Waals surface area contributed by atoms with Gasteiger partial charge in [-0.1, -0.05) is 12.1 Å². The first-order valence-corrected chi connectivity index (χ1v) is 6.99. The van der Waals surface area contributed by atoms with Gasteiger partial charge >= 0.3 is 5.97 Å². The van der Waals surface area contributed by atoms with E-state index in [9.17, 15) is 19.5 Å². The van der Waals surface area contributed by atoms with Crippen LogP contribution in [0.2, 0.25) is 0 Å². The zero-order chi connectivity index (χ0) is 17.2. The van der Waals surface area contributed by atoms with Crippen LogP contribution in [0.3, 0.4) is 0 Å². The molecule has 0 unspecified atom stereocenters. The Morgan fingerprint density at radius 2 is 1.87 bits per heavy atom. The number of carbonyl (C=O) groups is 3. The number of carboxylic acid groups (broad SMARTS) is 1. The third kappa shape index (κ3) is 3.54. The maximum Gasteiger partial charge on any atom is 0.307 e. The third-order valence-corrected chi connectivity index (χ3v) is 3.63. The van der Waals surface area contributed by atoms with Crippen LogP contribution in [0.1, 0.15) is 19.4 Å². The lowest BCUT2D eigenvalue weighted by molar-refractivity contribution is -0.144. The average Bonchev–Trinajstić information content (AvgIpc) is 2.47. The monoisotopic (exact) mass is 315 g/mol. The van der Waals surface area contributed by atoms with E-state index in [1.165, 1.54) is 19.2 Å². The Morgan fingerprint density at radius 1 is 1.26 bits per heavy atom. The van der Waals surface area contributed by atoms with Crippen molar-refractivity contribution in [3.63, 3.8) is 0 Å². The molecule has 1 aliphatic rings. The predicted octanol–water partition coefficient (Wildman–Crippen LogP) is 1.46.